The lowest BCUT2D eigenvalue weighted by Gasteiger charge is -2.42. The van der Waals surface area contributed by atoms with E-state index in [4.69, 9.17) is 4.74 Å². The SMILES string of the molecule is CN(C(=O)COc1ccc2c(c1)CCC(=O)N2)C1(C#N)CCC1. The summed E-state index contributed by atoms with van der Waals surface area (Å²) in [5.41, 5.74) is 1.16. The third kappa shape index (κ3) is 2.87. The van der Waals surface area contributed by atoms with E-state index in [0.29, 0.717) is 18.6 Å². The van der Waals surface area contributed by atoms with E-state index in [0.717, 1.165) is 30.5 Å². The number of nitriles is 1. The Kier molecular flexibility index (Phi) is 3.95. The summed E-state index contributed by atoms with van der Waals surface area (Å²) in [6.45, 7) is -0.0922. The molecular formula is C17H19N3O3. The van der Waals surface area contributed by atoms with Gasteiger partial charge in [0.2, 0.25) is 5.91 Å². The number of fused-ring (bicyclic) bond motifs is 1. The smallest absolute Gasteiger partial charge is 0.261 e. The fraction of sp³-hybridized carbons (Fsp3) is 0.471. The maximum absolute atomic E-state index is 12.2. The van der Waals surface area contributed by atoms with Crippen LogP contribution < -0.4 is 10.1 Å². The number of carbonyl (C=O) groups is 2. The summed E-state index contributed by atoms with van der Waals surface area (Å²) in [6.07, 6.45) is 3.56. The van der Waals surface area contributed by atoms with Gasteiger partial charge in [0.25, 0.3) is 5.91 Å². The van der Waals surface area contributed by atoms with Crippen molar-refractivity contribution in [2.24, 2.45) is 0 Å². The largest absolute Gasteiger partial charge is 0.484 e. The number of hydrogen-bond acceptors (Lipinski definition) is 4. The zero-order valence-electron chi connectivity index (χ0n) is 13.1. The molecule has 1 aliphatic carbocycles. The molecule has 0 atom stereocenters. The highest BCUT2D eigenvalue weighted by Gasteiger charge is 2.43. The Morgan fingerprint density at radius 2 is 2.22 bits per heavy atom. The van der Waals surface area contributed by atoms with E-state index in [2.05, 4.69) is 11.4 Å². The number of rotatable bonds is 4. The zero-order chi connectivity index (χ0) is 16.4. The number of amides is 2. The second kappa shape index (κ2) is 5.92. The minimum absolute atomic E-state index is 0.0188. The molecule has 23 heavy (non-hydrogen) atoms. The lowest BCUT2D eigenvalue weighted by Crippen LogP contribution is -2.54. The van der Waals surface area contributed by atoms with Crippen molar-refractivity contribution < 1.29 is 14.3 Å². The molecule has 1 aliphatic heterocycles. The van der Waals surface area contributed by atoms with Crippen molar-refractivity contribution in [3.05, 3.63) is 23.8 Å². The van der Waals surface area contributed by atoms with Crippen molar-refractivity contribution in [2.75, 3.05) is 19.0 Å². The minimum Gasteiger partial charge on any atom is -0.484 e. The molecule has 0 saturated heterocycles. The Morgan fingerprint density at radius 3 is 2.87 bits per heavy atom. The van der Waals surface area contributed by atoms with Gasteiger partial charge >= 0.3 is 0 Å². The molecule has 0 aromatic heterocycles. The number of benzene rings is 1. The van der Waals surface area contributed by atoms with Gasteiger partial charge in [-0.05, 0) is 49.4 Å². The van der Waals surface area contributed by atoms with Crippen molar-refractivity contribution in [1.82, 2.24) is 4.90 Å². The summed E-state index contributed by atoms with van der Waals surface area (Å²) >= 11 is 0. The zero-order valence-corrected chi connectivity index (χ0v) is 13.1. The predicted octanol–water partition coefficient (Wildman–Crippen LogP) is 1.85. The number of hydrogen-bond donors (Lipinski definition) is 1. The van der Waals surface area contributed by atoms with E-state index in [9.17, 15) is 14.9 Å². The van der Waals surface area contributed by atoms with E-state index in [1.165, 1.54) is 4.90 Å². The van der Waals surface area contributed by atoms with Crippen LogP contribution in [0.3, 0.4) is 0 Å². The molecule has 1 aromatic carbocycles. The van der Waals surface area contributed by atoms with E-state index in [1.54, 1.807) is 19.2 Å². The van der Waals surface area contributed by atoms with E-state index < -0.39 is 5.54 Å². The highest BCUT2D eigenvalue weighted by Crippen LogP contribution is 2.36. The van der Waals surface area contributed by atoms with Gasteiger partial charge in [0.15, 0.2) is 6.61 Å². The molecule has 1 saturated carbocycles. The van der Waals surface area contributed by atoms with Crippen LogP contribution in [0.2, 0.25) is 0 Å². The Balaban J connectivity index is 1.61. The second-order valence-electron chi connectivity index (χ2n) is 6.11. The molecule has 6 heteroatoms. The molecular weight excluding hydrogens is 294 g/mol. The van der Waals surface area contributed by atoms with E-state index in [1.807, 2.05) is 6.07 Å². The van der Waals surface area contributed by atoms with Gasteiger partial charge in [-0.15, -0.1) is 0 Å². The minimum atomic E-state index is -0.652. The average Bonchev–Trinajstić information content (AvgIpc) is 2.51. The summed E-state index contributed by atoms with van der Waals surface area (Å²) in [6, 6.07) is 7.63. The summed E-state index contributed by atoms with van der Waals surface area (Å²) in [7, 11) is 1.66. The van der Waals surface area contributed by atoms with Crippen LogP contribution in [0.4, 0.5) is 5.69 Å². The van der Waals surface area contributed by atoms with Crippen molar-refractivity contribution in [3.63, 3.8) is 0 Å². The average molecular weight is 313 g/mol. The molecule has 1 N–H and O–H groups in total. The van der Waals surface area contributed by atoms with Gasteiger partial charge < -0.3 is 15.0 Å². The lowest BCUT2D eigenvalue weighted by molar-refractivity contribution is -0.138. The molecule has 0 unspecified atom stereocenters. The molecule has 1 aromatic rings. The van der Waals surface area contributed by atoms with Crippen LogP contribution in [0.1, 0.15) is 31.2 Å². The van der Waals surface area contributed by atoms with Crippen LogP contribution in [-0.4, -0.2) is 35.9 Å². The Morgan fingerprint density at radius 1 is 1.43 bits per heavy atom. The monoisotopic (exact) mass is 313 g/mol. The number of nitrogens with zero attached hydrogens (tertiary/aromatic N) is 2. The van der Waals surface area contributed by atoms with Crippen LogP contribution >= 0.6 is 0 Å². The third-order valence-corrected chi connectivity index (χ3v) is 4.74. The van der Waals surface area contributed by atoms with E-state index in [-0.39, 0.29) is 18.4 Å². The summed E-state index contributed by atoms with van der Waals surface area (Å²) in [4.78, 5) is 25.1. The first kappa shape index (κ1) is 15.3. The van der Waals surface area contributed by atoms with Crippen LogP contribution in [0.15, 0.2) is 18.2 Å². The first-order valence-corrected chi connectivity index (χ1v) is 7.77. The molecule has 2 aliphatic rings. The number of ether oxygens (including phenoxy) is 1. The summed E-state index contributed by atoms with van der Waals surface area (Å²) < 4.78 is 5.58. The molecule has 0 spiro atoms. The van der Waals surface area contributed by atoms with E-state index >= 15 is 0 Å². The highest BCUT2D eigenvalue weighted by molar-refractivity contribution is 5.94. The molecule has 2 amide bonds. The van der Waals surface area contributed by atoms with Gasteiger partial charge in [-0.25, -0.2) is 0 Å². The quantitative estimate of drug-likeness (QED) is 0.919. The molecule has 0 radical (unpaired) electrons. The van der Waals surface area contributed by atoms with Crippen molar-refractivity contribution in [2.45, 2.75) is 37.6 Å². The van der Waals surface area contributed by atoms with Crippen molar-refractivity contribution in [3.8, 4) is 11.8 Å². The molecule has 6 nitrogen and oxygen atoms in total. The number of aryl methyl sites for hydroxylation is 1. The number of anilines is 1. The predicted molar refractivity (Wildman–Crippen MR) is 83.9 cm³/mol. The van der Waals surface area contributed by atoms with Crippen LogP contribution in [0, 0.1) is 11.3 Å². The standard InChI is InChI=1S/C17H19N3O3/c1-20(17(11-18)7-2-8-17)16(22)10-23-13-4-5-14-12(9-13)3-6-15(21)19-14/h4-5,9H,2-3,6-8,10H2,1H3,(H,19,21). The molecule has 3 rings (SSSR count). The Labute approximate surface area is 135 Å². The topological polar surface area (TPSA) is 82.4 Å². The summed E-state index contributed by atoms with van der Waals surface area (Å²) in [5, 5.41) is 12.1. The maximum atomic E-state index is 12.2. The fourth-order valence-electron chi connectivity index (χ4n) is 2.96. The number of likely N-dealkylation sites (N-methyl/N-ethyl adjacent to an activating group) is 1. The Bertz CT molecular complexity index is 689. The van der Waals surface area contributed by atoms with Crippen LogP contribution in [-0.2, 0) is 16.0 Å². The normalized spacial score (nSPS) is 18.0. The molecule has 120 valence electrons. The number of nitrogens with one attached hydrogen (secondary N) is 1. The van der Waals surface area contributed by atoms with Crippen LogP contribution in [0.5, 0.6) is 5.75 Å². The Hall–Kier alpha value is -2.55. The van der Waals surface area contributed by atoms with Gasteiger partial charge in [-0.3, -0.25) is 9.59 Å². The van der Waals surface area contributed by atoms with Gasteiger partial charge in [0.1, 0.15) is 11.3 Å². The second-order valence-corrected chi connectivity index (χ2v) is 6.11. The third-order valence-electron chi connectivity index (χ3n) is 4.74. The van der Waals surface area contributed by atoms with Gasteiger partial charge in [0, 0.05) is 19.2 Å². The van der Waals surface area contributed by atoms with Gasteiger partial charge in [-0.2, -0.15) is 5.26 Å². The van der Waals surface area contributed by atoms with Crippen molar-refractivity contribution in [1.29, 1.82) is 5.26 Å². The van der Waals surface area contributed by atoms with Gasteiger partial charge in [0.05, 0.1) is 6.07 Å². The molecule has 0 bridgehead atoms. The highest BCUT2D eigenvalue weighted by atomic mass is 16.5. The number of carbonyl (C=O) groups excluding carboxylic acids is 2. The maximum Gasteiger partial charge on any atom is 0.261 e. The van der Waals surface area contributed by atoms with Gasteiger partial charge in [-0.1, -0.05) is 0 Å². The first-order chi connectivity index (χ1) is 11.0. The molecule has 1 fully saturated rings. The van der Waals surface area contributed by atoms with Crippen molar-refractivity contribution >= 4 is 17.5 Å². The first-order valence-electron chi connectivity index (χ1n) is 7.77. The molecule has 1 heterocycles. The fourth-order valence-corrected chi connectivity index (χ4v) is 2.96. The summed E-state index contributed by atoms with van der Waals surface area (Å²) in [5.74, 6) is 0.420. The van der Waals surface area contributed by atoms with Crippen LogP contribution in [0.25, 0.3) is 0 Å². The lowest BCUT2D eigenvalue weighted by atomic mass is 9.77.